The molecular formula is C87H120N12O25S3. The van der Waals surface area contributed by atoms with E-state index < -0.39 is 260 Å². The largest absolute Gasteiger partial charge is 0.493 e. The monoisotopic (exact) mass is 1830 g/mol. The zero-order valence-electron chi connectivity index (χ0n) is 71.8. The first-order valence-corrected chi connectivity index (χ1v) is 46.7. The van der Waals surface area contributed by atoms with Gasteiger partial charge in [0.15, 0.2) is 17.3 Å². The van der Waals surface area contributed by atoms with Crippen LogP contribution in [-0.2, 0) is 107 Å². The highest BCUT2D eigenvalue weighted by atomic mass is 33.1. The number of ketones is 4. The number of H-pyrrole nitrogens is 1. The molecule has 11 amide bonds. The number of nitrogens with one attached hydrogen (secondary N) is 10. The highest BCUT2D eigenvalue weighted by Gasteiger charge is 2.46. The van der Waals surface area contributed by atoms with Gasteiger partial charge in [-0.1, -0.05) is 136 Å². The summed E-state index contributed by atoms with van der Waals surface area (Å²) in [6, 6.07) is 12.0. The molecule has 40 heteroatoms. The third-order valence-electron chi connectivity index (χ3n) is 22.6. The molecule has 127 heavy (non-hydrogen) atoms. The predicted octanol–water partition coefficient (Wildman–Crippen LogP) is 2.69. The zero-order chi connectivity index (χ0) is 93.0. The van der Waals surface area contributed by atoms with Gasteiger partial charge in [-0.25, -0.2) is 14.4 Å². The molecule has 3 aliphatic heterocycles. The minimum Gasteiger partial charge on any atom is -0.493 e. The molecule has 2 bridgehead atoms. The molecule has 1 aromatic heterocycles. The molecule has 3 aromatic carbocycles. The standard InChI is InChI=1S/C87H120N12O25S3/c1-5-49(2)77-82(116)91-44-74(109)92-66-48-127(123)83-61(38-55(79(113)90-45-75(110)97-77)39-70(105)78(51(4)71(106)47-100)98-81(115)67-42-58(102)46-99(67)84(117)56(40-69(66)104)41-72(88)107)60-27-26-59(43-64(60)94-83)124-33-18-34-125-126-50(3)19-17-25-68(103)65(36-53-22-13-10-14-23-53)93-80(114)54(35-52-20-11-9-12-21-52)37-57(101)24-15-7-6-8-16-32-89-73(108)30-28-62(85(118)119)95-87(122)96-63(86(120)121)29-31-76(111)112/h9-14,20-23,26-27,43,49-51,54-56,58,62-63,65-67,71,77-78,94,100,102,106H,5-8,15-19,24-25,28-42,44-48H2,1-4H3,(H2,88,107)(H,89,108)(H,90,113)(H,91,116)(H,92,109)(H,93,114)(H,97,110)(H,98,115)(H,111,112)(H,118,119)(H,120,121)(H2,95,96,122)/t49-,50?,51-,54+,55?,56-,58+,62?,63?,65-,66?,67-,71-,77-,78-,127?/m0/s1. The minimum atomic E-state index is -2.40. The molecule has 3 aliphatic rings. The van der Waals surface area contributed by atoms with E-state index >= 15 is 9.00 Å². The van der Waals surface area contributed by atoms with E-state index in [-0.39, 0.29) is 85.5 Å². The molecule has 16 atom stereocenters. The Hall–Kier alpha value is -10.7. The normalized spacial score (nSPS) is 21.2. The first-order chi connectivity index (χ1) is 60.5. The zero-order valence-corrected chi connectivity index (χ0v) is 74.2. The van der Waals surface area contributed by atoms with Crippen molar-refractivity contribution in [3.05, 3.63) is 95.6 Å². The van der Waals surface area contributed by atoms with Crippen molar-refractivity contribution in [1.29, 1.82) is 0 Å². The number of hydrogen-bond acceptors (Lipinski definition) is 24. The second-order valence-electron chi connectivity index (χ2n) is 32.6. The molecular weight excluding hydrogens is 1710 g/mol. The summed E-state index contributed by atoms with van der Waals surface area (Å²) in [5.74, 6) is -19.4. The average Bonchev–Trinajstić information content (AvgIpc) is 1.63. The Bertz CT molecular complexity index is 4520. The quantitative estimate of drug-likeness (QED) is 0.0223. The number of aromatic amines is 1. The van der Waals surface area contributed by atoms with Crippen LogP contribution in [0, 0.1) is 29.6 Å². The molecule has 0 aliphatic carbocycles. The number of carbonyl (C=O) groups excluding carboxylic acids is 14. The molecule has 0 saturated carbocycles. The molecule has 7 rings (SSSR count). The summed E-state index contributed by atoms with van der Waals surface area (Å²) in [6.45, 7) is 4.36. The molecule has 1 fully saturated rings. The molecule has 4 aromatic rings. The number of aliphatic carboxylic acids is 3. The van der Waals surface area contributed by atoms with E-state index in [1.807, 2.05) is 72.9 Å². The predicted molar refractivity (Wildman–Crippen MR) is 468 cm³/mol. The van der Waals surface area contributed by atoms with Gasteiger partial charge in [-0.2, -0.15) is 0 Å². The van der Waals surface area contributed by atoms with Gasteiger partial charge in [-0.05, 0) is 98.9 Å². The summed E-state index contributed by atoms with van der Waals surface area (Å²) < 4.78 is 21.6. The summed E-state index contributed by atoms with van der Waals surface area (Å²) >= 11 is 0. The smallest absolute Gasteiger partial charge is 0.326 e. The van der Waals surface area contributed by atoms with Crippen LogP contribution in [0.15, 0.2) is 83.9 Å². The third kappa shape index (κ3) is 34.1. The second kappa shape index (κ2) is 52.6. The summed E-state index contributed by atoms with van der Waals surface area (Å²) in [7, 11) is 0.832. The van der Waals surface area contributed by atoms with E-state index in [9.17, 15) is 102 Å². The number of nitrogens with zero attached hydrogens (tertiary/aromatic N) is 1. The maximum atomic E-state index is 15.3. The van der Waals surface area contributed by atoms with Crippen molar-refractivity contribution in [3.8, 4) is 5.75 Å². The lowest BCUT2D eigenvalue weighted by Gasteiger charge is -2.32. The fourth-order valence-corrected chi connectivity index (χ4v) is 19.1. The van der Waals surface area contributed by atoms with E-state index in [1.54, 1.807) is 53.6 Å². The fraction of sp³-hybridized carbons (Fsp3) is 0.575. The van der Waals surface area contributed by atoms with Crippen LogP contribution in [-0.4, -0.2) is 256 Å². The molecule has 6 unspecified atom stereocenters. The maximum Gasteiger partial charge on any atom is 0.326 e. The third-order valence-corrected chi connectivity index (χ3v) is 27.1. The Morgan fingerprint density at radius 1 is 0.677 bits per heavy atom. The van der Waals surface area contributed by atoms with Gasteiger partial charge in [-0.15, -0.1) is 0 Å². The van der Waals surface area contributed by atoms with Crippen molar-refractivity contribution in [2.45, 2.75) is 240 Å². The fourth-order valence-electron chi connectivity index (χ4n) is 15.2. The molecule has 0 spiro atoms. The van der Waals surface area contributed by atoms with Gasteiger partial charge >= 0.3 is 23.9 Å². The number of ether oxygens (including phenoxy) is 1. The number of urea groups is 1. The number of primary amides is 1. The van der Waals surface area contributed by atoms with Gasteiger partial charge < -0.3 is 98.8 Å². The summed E-state index contributed by atoms with van der Waals surface area (Å²) in [5.41, 5.74) is 7.79. The van der Waals surface area contributed by atoms with Crippen LogP contribution < -0.4 is 58.3 Å². The Balaban J connectivity index is 0.976. The van der Waals surface area contributed by atoms with Gasteiger partial charge in [0.25, 0.3) is 0 Å². The number of benzene rings is 3. The molecule has 37 nitrogen and oxygen atoms in total. The van der Waals surface area contributed by atoms with Crippen LogP contribution in [0.1, 0.15) is 173 Å². The number of carbonyl (C=O) groups is 17. The van der Waals surface area contributed by atoms with Gasteiger partial charge in [0.1, 0.15) is 40.7 Å². The van der Waals surface area contributed by atoms with E-state index in [4.69, 9.17) is 15.6 Å². The Labute approximate surface area is 746 Å². The first kappa shape index (κ1) is 103. The number of rotatable bonds is 45. The van der Waals surface area contributed by atoms with Crippen molar-refractivity contribution in [2.75, 3.05) is 50.9 Å². The number of Topliss-reactive ketones (excluding diaryl/α,β-unsaturated/α-hetero) is 4. The van der Waals surface area contributed by atoms with E-state index in [2.05, 4.69) is 47.5 Å². The van der Waals surface area contributed by atoms with Crippen molar-refractivity contribution in [3.63, 3.8) is 0 Å². The van der Waals surface area contributed by atoms with Gasteiger partial charge in [0, 0.05) is 111 Å². The number of aliphatic hydroxyl groups is 3. The minimum absolute atomic E-state index is 0.0590. The summed E-state index contributed by atoms with van der Waals surface area (Å²) in [4.78, 5) is 234. The Morgan fingerprint density at radius 2 is 1.31 bits per heavy atom. The number of nitrogens with two attached hydrogens (primary N) is 1. The summed E-state index contributed by atoms with van der Waals surface area (Å²) in [6.07, 6.45) is -1.76. The number of carboxylic acid groups (broad SMARTS) is 3. The van der Waals surface area contributed by atoms with E-state index in [0.29, 0.717) is 73.8 Å². The van der Waals surface area contributed by atoms with Crippen LogP contribution in [0.4, 0.5) is 4.79 Å². The van der Waals surface area contributed by atoms with Crippen molar-refractivity contribution < 1.29 is 121 Å². The lowest BCUT2D eigenvalue weighted by atomic mass is 9.85. The molecule has 18 N–H and O–H groups in total. The van der Waals surface area contributed by atoms with Gasteiger partial charge in [0.2, 0.25) is 53.2 Å². The second-order valence-corrected chi connectivity index (χ2v) is 37.0. The van der Waals surface area contributed by atoms with Crippen molar-refractivity contribution in [1.82, 2.24) is 57.7 Å². The van der Waals surface area contributed by atoms with Crippen LogP contribution in [0.2, 0.25) is 0 Å². The number of fused-ring (bicyclic) bond motifs is 5. The van der Waals surface area contributed by atoms with Crippen LogP contribution in [0.25, 0.3) is 10.9 Å². The number of unbranched alkanes of at least 4 members (excludes halogenated alkanes) is 4. The summed E-state index contributed by atoms with van der Waals surface area (Å²) in [5, 5.41) is 82.9. The lowest BCUT2D eigenvalue weighted by Crippen LogP contribution is -2.56. The Kier molecular flexibility index (Phi) is 42.8. The Morgan fingerprint density at radius 3 is 1.96 bits per heavy atom. The number of hydrogen-bond donors (Lipinski definition) is 17. The number of amides is 11. The van der Waals surface area contributed by atoms with E-state index in [1.165, 1.54) is 6.92 Å². The molecule has 4 heterocycles. The van der Waals surface area contributed by atoms with Gasteiger partial charge in [-0.3, -0.25) is 71.3 Å². The maximum absolute atomic E-state index is 15.3. The topological polar surface area (TPSA) is 591 Å². The highest BCUT2D eigenvalue weighted by molar-refractivity contribution is 8.76. The van der Waals surface area contributed by atoms with Crippen LogP contribution in [0.3, 0.4) is 0 Å². The van der Waals surface area contributed by atoms with Gasteiger partial charge in [0.05, 0.1) is 84.6 Å². The molecule has 0 radical (unpaired) electrons. The number of aliphatic hydroxyl groups excluding tert-OH is 3. The SMILES string of the molecule is CC[C@H](C)[C@@H]1NC(=O)CNC(=O)C2CC(=O)[C@H]([C@@H](C)[C@@H](O)CO)NC(=O)[C@@H]3C[C@@H](O)CN3C(=O)[C@H](CC(N)=O)CC(=O)C(CS(=O)c3[nH]c4cc(OCCCSSC(C)CCCC(=O)[C@H](Cc5ccccc5)NC(=O)[C@@H](CC(=O)CCCCCCCNC(=O)CCC(NC(=O)NC(CCC(=O)O)C(=O)O)C(=O)O)Cc5ccccc5)ccc4c3C2)NC(=O)CNC1=O. The molecule has 1 saturated heterocycles. The van der Waals surface area contributed by atoms with Crippen molar-refractivity contribution in [2.24, 2.45) is 35.3 Å². The highest BCUT2D eigenvalue weighted by Crippen LogP contribution is 2.35. The van der Waals surface area contributed by atoms with Crippen molar-refractivity contribution >= 4 is 144 Å². The molecule has 696 valence electrons. The van der Waals surface area contributed by atoms with Crippen LogP contribution >= 0.6 is 21.6 Å². The number of carboxylic acids is 3. The van der Waals surface area contributed by atoms with E-state index in [0.717, 1.165) is 22.4 Å². The first-order valence-electron chi connectivity index (χ1n) is 43.0. The average molecular weight is 1830 g/mol. The van der Waals surface area contributed by atoms with Crippen LogP contribution in [0.5, 0.6) is 5.75 Å². The number of aromatic nitrogens is 1. The lowest BCUT2D eigenvalue weighted by molar-refractivity contribution is -0.145.